The van der Waals surface area contributed by atoms with Crippen LogP contribution in [-0.4, -0.2) is 24.1 Å². The van der Waals surface area contributed by atoms with Crippen molar-refractivity contribution in [2.75, 3.05) is 19.1 Å². The zero-order valence-corrected chi connectivity index (χ0v) is 11.6. The highest BCUT2D eigenvalue weighted by Crippen LogP contribution is 2.33. The molecule has 0 spiro atoms. The molecule has 2 aromatic rings. The first-order valence-electron chi connectivity index (χ1n) is 5.76. The monoisotopic (exact) mass is 273 g/mol. The van der Waals surface area contributed by atoms with E-state index >= 15 is 0 Å². The Morgan fingerprint density at radius 2 is 1.89 bits per heavy atom. The molecule has 0 radical (unpaired) electrons. The number of hydrogen-bond donors (Lipinski definition) is 1. The molecule has 5 heteroatoms. The molecular weight excluding hydrogens is 258 g/mol. The Hall–Kier alpha value is -2.14. The molecule has 0 fully saturated rings. The molecule has 0 atom stereocenters. The highest BCUT2D eigenvalue weighted by molar-refractivity contribution is 7.80. The van der Waals surface area contributed by atoms with Gasteiger partial charge in [0.15, 0.2) is 0 Å². The number of hydrogen-bond acceptors (Lipinski definition) is 4. The molecule has 2 N–H and O–H groups in total. The number of anilines is 2. The van der Waals surface area contributed by atoms with Crippen LogP contribution in [-0.2, 0) is 0 Å². The molecule has 0 aliphatic carbocycles. The van der Waals surface area contributed by atoms with Gasteiger partial charge in [-0.3, -0.25) is 4.98 Å². The Labute approximate surface area is 117 Å². The van der Waals surface area contributed by atoms with Crippen LogP contribution >= 0.6 is 12.2 Å². The lowest BCUT2D eigenvalue weighted by Crippen LogP contribution is -2.19. The van der Waals surface area contributed by atoms with Gasteiger partial charge in [0.2, 0.25) is 0 Å². The molecule has 0 bridgehead atoms. The predicted molar refractivity (Wildman–Crippen MR) is 81.2 cm³/mol. The third-order valence-corrected chi connectivity index (χ3v) is 3.02. The lowest BCUT2D eigenvalue weighted by molar-refractivity contribution is 0.415. The molecule has 0 amide bonds. The van der Waals surface area contributed by atoms with Crippen molar-refractivity contribution in [3.8, 4) is 5.75 Å². The van der Waals surface area contributed by atoms with E-state index in [4.69, 9.17) is 22.7 Å². The number of nitrogens with two attached hydrogens (primary N) is 1. The molecule has 0 saturated heterocycles. The largest absolute Gasteiger partial charge is 0.495 e. The van der Waals surface area contributed by atoms with Crippen molar-refractivity contribution >= 4 is 28.6 Å². The average Bonchev–Trinajstić information content (AvgIpc) is 2.46. The summed E-state index contributed by atoms with van der Waals surface area (Å²) in [6.07, 6.45) is 1.67. The van der Waals surface area contributed by atoms with E-state index in [1.54, 1.807) is 13.3 Å². The quantitative estimate of drug-likeness (QED) is 0.867. The van der Waals surface area contributed by atoms with Crippen LogP contribution in [0.2, 0.25) is 0 Å². The molecule has 2 rings (SSSR count). The molecule has 1 aromatic heterocycles. The van der Waals surface area contributed by atoms with Crippen LogP contribution < -0.4 is 15.4 Å². The fourth-order valence-electron chi connectivity index (χ4n) is 1.89. The van der Waals surface area contributed by atoms with Gasteiger partial charge in [-0.25, -0.2) is 0 Å². The van der Waals surface area contributed by atoms with Crippen molar-refractivity contribution in [3.05, 3.63) is 48.3 Å². The predicted octanol–water partition coefficient (Wildman–Crippen LogP) is 2.49. The number of nitrogens with zero attached hydrogens (tertiary/aromatic N) is 2. The lowest BCUT2D eigenvalue weighted by atomic mass is 10.2. The zero-order chi connectivity index (χ0) is 13.8. The molecule has 19 heavy (non-hydrogen) atoms. The second-order valence-corrected chi connectivity index (χ2v) is 4.41. The van der Waals surface area contributed by atoms with Gasteiger partial charge in [-0.1, -0.05) is 24.4 Å². The SMILES string of the molecule is COc1ccccc1N(C)c1cccnc1C(N)=S. The summed E-state index contributed by atoms with van der Waals surface area (Å²) < 4.78 is 5.36. The number of pyridine rings is 1. The number of benzene rings is 1. The molecule has 0 aliphatic heterocycles. The van der Waals surface area contributed by atoms with Gasteiger partial charge >= 0.3 is 0 Å². The minimum Gasteiger partial charge on any atom is -0.495 e. The van der Waals surface area contributed by atoms with E-state index in [1.165, 1.54) is 0 Å². The van der Waals surface area contributed by atoms with Crippen LogP contribution in [0.25, 0.3) is 0 Å². The highest BCUT2D eigenvalue weighted by atomic mass is 32.1. The third-order valence-electron chi connectivity index (χ3n) is 2.83. The minimum absolute atomic E-state index is 0.275. The van der Waals surface area contributed by atoms with Gasteiger partial charge in [0, 0.05) is 13.2 Å². The van der Waals surface area contributed by atoms with Crippen molar-refractivity contribution in [1.29, 1.82) is 0 Å². The van der Waals surface area contributed by atoms with Crippen molar-refractivity contribution in [3.63, 3.8) is 0 Å². The summed E-state index contributed by atoms with van der Waals surface area (Å²) in [6, 6.07) is 11.5. The Morgan fingerprint density at radius 1 is 1.21 bits per heavy atom. The van der Waals surface area contributed by atoms with Crippen LogP contribution in [0.15, 0.2) is 42.6 Å². The Kier molecular flexibility index (Phi) is 3.97. The lowest BCUT2D eigenvalue weighted by Gasteiger charge is -2.23. The zero-order valence-electron chi connectivity index (χ0n) is 10.8. The number of ether oxygens (including phenoxy) is 1. The Morgan fingerprint density at radius 3 is 2.58 bits per heavy atom. The van der Waals surface area contributed by atoms with Gasteiger partial charge in [0.25, 0.3) is 0 Å². The van der Waals surface area contributed by atoms with Gasteiger partial charge in [0.1, 0.15) is 16.4 Å². The van der Waals surface area contributed by atoms with E-state index in [1.807, 2.05) is 48.3 Å². The van der Waals surface area contributed by atoms with Crippen molar-refractivity contribution in [1.82, 2.24) is 4.98 Å². The fourth-order valence-corrected chi connectivity index (χ4v) is 2.05. The van der Waals surface area contributed by atoms with Crippen molar-refractivity contribution in [2.24, 2.45) is 5.73 Å². The van der Waals surface area contributed by atoms with Crippen LogP contribution in [0.1, 0.15) is 5.69 Å². The number of methoxy groups -OCH3 is 1. The highest BCUT2D eigenvalue weighted by Gasteiger charge is 2.14. The van der Waals surface area contributed by atoms with Gasteiger partial charge in [-0.15, -0.1) is 0 Å². The topological polar surface area (TPSA) is 51.4 Å². The van der Waals surface area contributed by atoms with Gasteiger partial charge in [-0.2, -0.15) is 0 Å². The van der Waals surface area contributed by atoms with Crippen LogP contribution in [0.4, 0.5) is 11.4 Å². The average molecular weight is 273 g/mol. The summed E-state index contributed by atoms with van der Waals surface area (Å²) in [7, 11) is 3.57. The smallest absolute Gasteiger partial charge is 0.142 e. The molecule has 1 aromatic carbocycles. The molecule has 98 valence electrons. The first-order chi connectivity index (χ1) is 9.15. The molecule has 0 saturated carbocycles. The normalized spacial score (nSPS) is 10.0. The minimum atomic E-state index is 0.275. The maximum absolute atomic E-state index is 5.71. The first kappa shape index (κ1) is 13.3. The van der Waals surface area contributed by atoms with Crippen LogP contribution in [0.3, 0.4) is 0 Å². The number of rotatable bonds is 4. The second-order valence-electron chi connectivity index (χ2n) is 3.97. The van der Waals surface area contributed by atoms with Crippen molar-refractivity contribution < 1.29 is 4.74 Å². The Bertz CT molecular complexity index is 601. The maximum Gasteiger partial charge on any atom is 0.142 e. The summed E-state index contributed by atoms with van der Waals surface area (Å²) in [5, 5.41) is 0. The van der Waals surface area contributed by atoms with E-state index in [0.717, 1.165) is 17.1 Å². The maximum atomic E-state index is 5.71. The second kappa shape index (κ2) is 5.67. The fraction of sp³-hybridized carbons (Fsp3) is 0.143. The number of para-hydroxylation sites is 2. The van der Waals surface area contributed by atoms with Gasteiger partial charge in [0.05, 0.1) is 18.5 Å². The molecular formula is C14H15N3OS. The summed E-state index contributed by atoms with van der Waals surface area (Å²) in [4.78, 5) is 6.47. The van der Waals surface area contributed by atoms with Crippen LogP contribution in [0.5, 0.6) is 5.75 Å². The first-order valence-corrected chi connectivity index (χ1v) is 6.17. The van der Waals surface area contributed by atoms with Crippen LogP contribution in [0, 0.1) is 0 Å². The van der Waals surface area contributed by atoms with Gasteiger partial charge in [-0.05, 0) is 24.3 Å². The number of aromatic nitrogens is 1. The molecule has 0 aliphatic rings. The summed E-state index contributed by atoms with van der Waals surface area (Å²) in [5.41, 5.74) is 8.09. The summed E-state index contributed by atoms with van der Waals surface area (Å²) in [6.45, 7) is 0. The van der Waals surface area contributed by atoms with E-state index in [2.05, 4.69) is 4.98 Å². The Balaban J connectivity index is 2.50. The third kappa shape index (κ3) is 2.66. The van der Waals surface area contributed by atoms with Gasteiger partial charge < -0.3 is 15.4 Å². The molecule has 1 heterocycles. The van der Waals surface area contributed by atoms with Crippen molar-refractivity contribution in [2.45, 2.75) is 0 Å². The van der Waals surface area contributed by atoms with E-state index < -0.39 is 0 Å². The molecule has 4 nitrogen and oxygen atoms in total. The summed E-state index contributed by atoms with van der Waals surface area (Å²) >= 11 is 5.04. The molecule has 0 unspecified atom stereocenters. The standard InChI is InChI=1S/C14H15N3OS/c1-17(10-6-3-4-8-12(10)18-2)11-7-5-9-16-13(11)14(15)19/h3-9H,1-2H3,(H2,15,19). The van der Waals surface area contributed by atoms with E-state index in [0.29, 0.717) is 5.69 Å². The van der Waals surface area contributed by atoms with E-state index in [9.17, 15) is 0 Å². The van der Waals surface area contributed by atoms with E-state index in [-0.39, 0.29) is 4.99 Å². The number of thiocarbonyl (C=S) groups is 1. The summed E-state index contributed by atoms with van der Waals surface area (Å²) in [5.74, 6) is 0.780.